The van der Waals surface area contributed by atoms with Gasteiger partial charge in [0.1, 0.15) is 11.6 Å². The summed E-state index contributed by atoms with van der Waals surface area (Å²) in [6, 6.07) is 8.49. The molecule has 20 heavy (non-hydrogen) atoms. The maximum Gasteiger partial charge on any atom is 0.148 e. The molecule has 2 aromatic rings. The van der Waals surface area contributed by atoms with Gasteiger partial charge in [-0.05, 0) is 50.2 Å². The second kappa shape index (κ2) is 6.76. The van der Waals surface area contributed by atoms with Crippen LogP contribution in [0, 0.1) is 5.82 Å². The van der Waals surface area contributed by atoms with Gasteiger partial charge in [-0.1, -0.05) is 15.9 Å². The zero-order chi connectivity index (χ0) is 14.5. The molecular weight excluding hydrogens is 323 g/mol. The Bertz CT molecular complexity index is 574. The van der Waals surface area contributed by atoms with Crippen molar-refractivity contribution in [2.75, 3.05) is 11.9 Å². The molecule has 0 saturated carbocycles. The highest BCUT2D eigenvalue weighted by Gasteiger charge is 2.08. The van der Waals surface area contributed by atoms with Gasteiger partial charge >= 0.3 is 0 Å². The Hall–Kier alpha value is -1.53. The van der Waals surface area contributed by atoms with Crippen LogP contribution < -0.4 is 11.1 Å². The second-order valence-corrected chi connectivity index (χ2v) is 5.47. The lowest BCUT2D eigenvalue weighted by Gasteiger charge is -2.12. The van der Waals surface area contributed by atoms with Gasteiger partial charge in [-0.3, -0.25) is 0 Å². The third-order valence-corrected chi connectivity index (χ3v) is 3.36. The van der Waals surface area contributed by atoms with Crippen molar-refractivity contribution in [3.8, 4) is 11.3 Å². The number of benzene rings is 1. The summed E-state index contributed by atoms with van der Waals surface area (Å²) < 4.78 is 14.5. The van der Waals surface area contributed by atoms with Crippen LogP contribution in [0.1, 0.15) is 13.3 Å². The van der Waals surface area contributed by atoms with Crippen molar-refractivity contribution in [3.63, 3.8) is 0 Å². The van der Waals surface area contributed by atoms with E-state index >= 15 is 0 Å². The summed E-state index contributed by atoms with van der Waals surface area (Å²) in [6.07, 6.45) is 0.851. The van der Waals surface area contributed by atoms with Crippen molar-refractivity contribution in [2.24, 2.45) is 5.73 Å². The van der Waals surface area contributed by atoms with Gasteiger partial charge in [0.25, 0.3) is 0 Å². The average Bonchev–Trinajstić information content (AvgIpc) is 2.43. The number of anilines is 1. The Morgan fingerprint density at radius 3 is 2.75 bits per heavy atom. The predicted molar refractivity (Wildman–Crippen MR) is 81.9 cm³/mol. The first-order chi connectivity index (χ1) is 9.60. The SMILES string of the molecule is CC(CCN)Nc1ccc(-c2cc(Br)ccc2F)nn1. The number of rotatable bonds is 5. The summed E-state index contributed by atoms with van der Waals surface area (Å²) in [5, 5.41) is 11.3. The molecule has 0 amide bonds. The van der Waals surface area contributed by atoms with Gasteiger partial charge in [0.2, 0.25) is 0 Å². The van der Waals surface area contributed by atoms with Crippen LogP contribution in [0.15, 0.2) is 34.8 Å². The van der Waals surface area contributed by atoms with Gasteiger partial charge in [0, 0.05) is 16.1 Å². The van der Waals surface area contributed by atoms with Crippen molar-refractivity contribution in [2.45, 2.75) is 19.4 Å². The molecule has 3 N–H and O–H groups in total. The van der Waals surface area contributed by atoms with Gasteiger partial charge in [-0.15, -0.1) is 10.2 Å². The Morgan fingerprint density at radius 1 is 1.30 bits per heavy atom. The van der Waals surface area contributed by atoms with Crippen molar-refractivity contribution in [1.82, 2.24) is 10.2 Å². The van der Waals surface area contributed by atoms with Crippen LogP contribution in [0.4, 0.5) is 10.2 Å². The van der Waals surface area contributed by atoms with Crippen molar-refractivity contribution >= 4 is 21.7 Å². The number of nitrogens with zero attached hydrogens (tertiary/aromatic N) is 2. The predicted octanol–water partition coefficient (Wildman–Crippen LogP) is 3.19. The van der Waals surface area contributed by atoms with E-state index < -0.39 is 0 Å². The lowest BCUT2D eigenvalue weighted by molar-refractivity contribution is 0.630. The molecule has 0 aliphatic heterocycles. The van der Waals surface area contributed by atoms with E-state index in [0.29, 0.717) is 23.6 Å². The standard InChI is InChI=1S/C14H16BrFN4/c1-9(6-7-17)18-14-5-4-13(19-20-14)11-8-10(15)2-3-12(11)16/h2-5,8-9H,6-7,17H2,1H3,(H,18,20). The number of hydrogen-bond donors (Lipinski definition) is 2. The van der Waals surface area contributed by atoms with Crippen LogP contribution >= 0.6 is 15.9 Å². The highest BCUT2D eigenvalue weighted by atomic mass is 79.9. The van der Waals surface area contributed by atoms with Crippen molar-refractivity contribution < 1.29 is 4.39 Å². The van der Waals surface area contributed by atoms with Crippen molar-refractivity contribution in [1.29, 1.82) is 0 Å². The van der Waals surface area contributed by atoms with E-state index in [0.717, 1.165) is 10.9 Å². The summed E-state index contributed by atoms with van der Waals surface area (Å²) in [6.45, 7) is 2.64. The molecular formula is C14H16BrFN4. The molecule has 1 aromatic heterocycles. The first-order valence-corrected chi connectivity index (χ1v) is 7.15. The van der Waals surface area contributed by atoms with E-state index in [4.69, 9.17) is 5.73 Å². The highest BCUT2D eigenvalue weighted by molar-refractivity contribution is 9.10. The first-order valence-electron chi connectivity index (χ1n) is 6.36. The largest absolute Gasteiger partial charge is 0.366 e. The minimum Gasteiger partial charge on any atom is -0.366 e. The van der Waals surface area contributed by atoms with Crippen LogP contribution in [0.25, 0.3) is 11.3 Å². The number of aromatic nitrogens is 2. The molecule has 4 nitrogen and oxygen atoms in total. The minimum absolute atomic E-state index is 0.225. The molecule has 0 saturated heterocycles. The summed E-state index contributed by atoms with van der Waals surface area (Å²) in [5.74, 6) is 0.338. The molecule has 1 aromatic carbocycles. The smallest absolute Gasteiger partial charge is 0.148 e. The zero-order valence-electron chi connectivity index (χ0n) is 11.1. The molecule has 1 atom stereocenters. The van der Waals surface area contributed by atoms with Gasteiger partial charge < -0.3 is 11.1 Å². The lowest BCUT2D eigenvalue weighted by atomic mass is 10.1. The molecule has 0 fully saturated rings. The normalized spacial score (nSPS) is 12.2. The zero-order valence-corrected chi connectivity index (χ0v) is 12.7. The summed E-state index contributed by atoms with van der Waals surface area (Å²) in [5.41, 5.74) is 6.42. The van der Waals surface area contributed by atoms with Crippen LogP contribution in [0.3, 0.4) is 0 Å². The highest BCUT2D eigenvalue weighted by Crippen LogP contribution is 2.24. The molecule has 106 valence electrons. The molecule has 6 heteroatoms. The maximum absolute atomic E-state index is 13.7. The van der Waals surface area contributed by atoms with Crippen LogP contribution in [0.2, 0.25) is 0 Å². The Balaban J connectivity index is 2.17. The van der Waals surface area contributed by atoms with Gasteiger partial charge in [0.15, 0.2) is 0 Å². The fourth-order valence-electron chi connectivity index (χ4n) is 1.82. The number of nitrogens with two attached hydrogens (primary N) is 1. The summed E-state index contributed by atoms with van der Waals surface area (Å²) >= 11 is 3.32. The van der Waals surface area contributed by atoms with E-state index in [1.807, 2.05) is 6.92 Å². The number of hydrogen-bond acceptors (Lipinski definition) is 4. The minimum atomic E-state index is -0.320. The fourth-order valence-corrected chi connectivity index (χ4v) is 2.18. The number of nitrogens with one attached hydrogen (secondary N) is 1. The average molecular weight is 339 g/mol. The van der Waals surface area contributed by atoms with E-state index in [2.05, 4.69) is 31.4 Å². The molecule has 2 rings (SSSR count). The fraction of sp³-hybridized carbons (Fsp3) is 0.286. The molecule has 0 spiro atoms. The molecule has 1 unspecified atom stereocenters. The van der Waals surface area contributed by atoms with E-state index in [1.54, 1.807) is 24.3 Å². The second-order valence-electron chi connectivity index (χ2n) is 4.55. The van der Waals surface area contributed by atoms with Gasteiger partial charge in [-0.2, -0.15) is 0 Å². The molecule has 0 bridgehead atoms. The number of halogens is 2. The third-order valence-electron chi connectivity index (χ3n) is 2.86. The van der Waals surface area contributed by atoms with Gasteiger partial charge in [0.05, 0.1) is 5.69 Å². The van der Waals surface area contributed by atoms with Crippen molar-refractivity contribution in [3.05, 3.63) is 40.6 Å². The topological polar surface area (TPSA) is 63.8 Å². The van der Waals surface area contributed by atoms with E-state index in [-0.39, 0.29) is 11.9 Å². The maximum atomic E-state index is 13.7. The summed E-state index contributed by atoms with van der Waals surface area (Å²) in [4.78, 5) is 0. The molecule has 0 aliphatic rings. The molecule has 0 radical (unpaired) electrons. The summed E-state index contributed by atoms with van der Waals surface area (Å²) in [7, 11) is 0. The Morgan fingerprint density at radius 2 is 2.10 bits per heavy atom. The van der Waals surface area contributed by atoms with Crippen LogP contribution in [-0.2, 0) is 0 Å². The van der Waals surface area contributed by atoms with Crippen LogP contribution in [0.5, 0.6) is 0 Å². The quantitative estimate of drug-likeness (QED) is 0.878. The molecule has 1 heterocycles. The lowest BCUT2D eigenvalue weighted by Crippen LogP contribution is -2.20. The van der Waals surface area contributed by atoms with Crippen LogP contribution in [-0.4, -0.2) is 22.8 Å². The van der Waals surface area contributed by atoms with Gasteiger partial charge in [-0.25, -0.2) is 4.39 Å². The van der Waals surface area contributed by atoms with E-state index in [9.17, 15) is 4.39 Å². The third kappa shape index (κ3) is 3.74. The van der Waals surface area contributed by atoms with E-state index in [1.165, 1.54) is 6.07 Å². The monoisotopic (exact) mass is 338 g/mol. The molecule has 0 aliphatic carbocycles. The Labute approximate surface area is 125 Å². The Kier molecular flexibility index (Phi) is 5.03. The first kappa shape index (κ1) is 14.9.